The van der Waals surface area contributed by atoms with E-state index in [0.717, 1.165) is 22.6 Å². The van der Waals surface area contributed by atoms with Crippen molar-refractivity contribution in [3.8, 4) is 17.2 Å². The van der Waals surface area contributed by atoms with E-state index < -0.39 is 0 Å². The summed E-state index contributed by atoms with van der Waals surface area (Å²) in [6.45, 7) is 10.6. The van der Waals surface area contributed by atoms with Gasteiger partial charge in [-0.15, -0.1) is 0 Å². The van der Waals surface area contributed by atoms with Crippen molar-refractivity contribution in [2.75, 3.05) is 26.6 Å². The number of anilines is 1. The van der Waals surface area contributed by atoms with Crippen LogP contribution in [-0.2, 0) is 0 Å². The molecule has 2 aromatic rings. The first kappa shape index (κ1) is 23.0. The topological polar surface area (TPSA) is 55.3 Å². The maximum atomic E-state index is 5.53. The fraction of sp³-hybridized carbons (Fsp3) is 0.269. The van der Waals surface area contributed by atoms with E-state index in [2.05, 4.69) is 55.0 Å². The molecule has 0 saturated heterocycles. The van der Waals surface area contributed by atoms with Crippen molar-refractivity contribution in [1.29, 1.82) is 0 Å². The number of allylic oxidation sites excluding steroid dienone is 1. The Labute approximate surface area is 190 Å². The number of nitrogens with zero attached hydrogens (tertiary/aromatic N) is 2. The number of methoxy groups -OCH3 is 3. The molecule has 0 atom stereocenters. The average Bonchev–Trinajstić information content (AvgIpc) is 2.81. The zero-order chi connectivity index (χ0) is 23.3. The number of amidine groups is 1. The lowest BCUT2D eigenvalue weighted by molar-refractivity contribution is 0.324. The van der Waals surface area contributed by atoms with E-state index in [1.165, 1.54) is 5.56 Å². The van der Waals surface area contributed by atoms with Gasteiger partial charge in [-0.3, -0.25) is 0 Å². The van der Waals surface area contributed by atoms with Gasteiger partial charge >= 0.3 is 0 Å². The number of aliphatic imine (C=N–C) groups is 1. The summed E-state index contributed by atoms with van der Waals surface area (Å²) in [6, 6.07) is 12.2. The molecule has 1 heterocycles. The monoisotopic (exact) mass is 433 g/mol. The zero-order valence-electron chi connectivity index (χ0n) is 19.6. The van der Waals surface area contributed by atoms with Gasteiger partial charge in [0.15, 0.2) is 17.3 Å². The zero-order valence-corrected chi connectivity index (χ0v) is 19.6. The van der Waals surface area contributed by atoms with Crippen LogP contribution < -0.4 is 19.5 Å². The molecule has 168 valence electrons. The average molecular weight is 434 g/mol. The summed E-state index contributed by atoms with van der Waals surface area (Å²) < 4.78 is 16.5. The highest BCUT2D eigenvalue weighted by molar-refractivity contribution is 6.09. The summed E-state index contributed by atoms with van der Waals surface area (Å²) in [5.74, 6) is 2.89. The van der Waals surface area contributed by atoms with Gasteiger partial charge < -0.3 is 24.4 Å². The normalized spacial score (nSPS) is 13.8. The minimum Gasteiger partial charge on any atom is -0.493 e. The third kappa shape index (κ3) is 4.64. The fourth-order valence-corrected chi connectivity index (χ4v) is 3.55. The smallest absolute Gasteiger partial charge is 0.203 e. The number of nitrogens with one attached hydrogen (secondary N) is 1. The Balaban J connectivity index is 1.89. The molecule has 0 aliphatic carbocycles. The van der Waals surface area contributed by atoms with Crippen molar-refractivity contribution < 1.29 is 14.2 Å². The van der Waals surface area contributed by atoms with Gasteiger partial charge in [-0.2, -0.15) is 0 Å². The van der Waals surface area contributed by atoms with Gasteiger partial charge in [0.25, 0.3) is 0 Å². The van der Waals surface area contributed by atoms with Crippen LogP contribution in [0, 0.1) is 0 Å². The van der Waals surface area contributed by atoms with Crippen LogP contribution in [0.2, 0.25) is 0 Å². The minimum absolute atomic E-state index is 0.486. The van der Waals surface area contributed by atoms with E-state index in [1.54, 1.807) is 27.5 Å². The Morgan fingerprint density at radius 1 is 1.03 bits per heavy atom. The maximum Gasteiger partial charge on any atom is 0.203 e. The Morgan fingerprint density at radius 2 is 1.66 bits per heavy atom. The molecule has 6 heteroatoms. The second-order valence-corrected chi connectivity index (χ2v) is 7.58. The molecule has 0 aromatic heterocycles. The molecule has 2 aromatic carbocycles. The van der Waals surface area contributed by atoms with Gasteiger partial charge in [-0.05, 0) is 42.7 Å². The molecule has 1 N–H and O–H groups in total. The molecule has 0 spiro atoms. The van der Waals surface area contributed by atoms with Crippen molar-refractivity contribution >= 4 is 17.2 Å². The lowest BCUT2D eigenvalue weighted by Crippen LogP contribution is -2.28. The van der Waals surface area contributed by atoms with E-state index in [-0.39, 0.29) is 0 Å². The number of rotatable bonds is 7. The van der Waals surface area contributed by atoms with Gasteiger partial charge in [0.05, 0.1) is 27.0 Å². The number of benzene rings is 2. The van der Waals surface area contributed by atoms with Gasteiger partial charge in [0.2, 0.25) is 5.75 Å². The molecule has 1 aliphatic heterocycles. The van der Waals surface area contributed by atoms with E-state index in [4.69, 9.17) is 14.2 Å². The Kier molecular flexibility index (Phi) is 7.25. The van der Waals surface area contributed by atoms with Crippen LogP contribution in [0.1, 0.15) is 37.8 Å². The summed E-state index contributed by atoms with van der Waals surface area (Å²) in [6.07, 6.45) is 5.64. The second-order valence-electron chi connectivity index (χ2n) is 7.58. The molecule has 0 saturated carbocycles. The first-order chi connectivity index (χ1) is 15.4. The van der Waals surface area contributed by atoms with Crippen LogP contribution in [0.5, 0.6) is 17.2 Å². The van der Waals surface area contributed by atoms with Gasteiger partial charge in [0, 0.05) is 29.3 Å². The minimum atomic E-state index is 0.486. The highest BCUT2D eigenvalue weighted by Gasteiger charge is 2.22. The quantitative estimate of drug-likeness (QED) is 0.580. The third-order valence-electron chi connectivity index (χ3n) is 5.32. The molecule has 0 radical (unpaired) electrons. The molecule has 0 unspecified atom stereocenters. The Hall–Kier alpha value is -3.67. The predicted octanol–water partition coefficient (Wildman–Crippen LogP) is 6.01. The molecule has 3 rings (SSSR count). The molecule has 0 amide bonds. The number of hydrogen-bond acceptors (Lipinski definition) is 6. The molecule has 0 bridgehead atoms. The third-order valence-corrected chi connectivity index (χ3v) is 5.32. The molecule has 0 fully saturated rings. The van der Waals surface area contributed by atoms with Crippen molar-refractivity contribution in [1.82, 2.24) is 4.90 Å². The van der Waals surface area contributed by atoms with Crippen LogP contribution in [-0.4, -0.2) is 32.1 Å². The molecule has 1 aliphatic rings. The van der Waals surface area contributed by atoms with Crippen LogP contribution >= 0.6 is 0 Å². The second kappa shape index (κ2) is 10.1. The first-order valence-electron chi connectivity index (χ1n) is 10.5. The Bertz CT molecular complexity index is 1040. The summed E-state index contributed by atoms with van der Waals surface area (Å²) in [7, 11) is 4.80. The van der Waals surface area contributed by atoms with E-state index >= 15 is 0 Å². The lowest BCUT2D eigenvalue weighted by Gasteiger charge is -2.29. The van der Waals surface area contributed by atoms with Crippen molar-refractivity contribution in [2.24, 2.45) is 4.99 Å². The summed E-state index contributed by atoms with van der Waals surface area (Å²) >= 11 is 0. The number of ether oxygens (including phenoxy) is 3. The van der Waals surface area contributed by atoms with Gasteiger partial charge in [-0.25, -0.2) is 4.99 Å². The first-order valence-corrected chi connectivity index (χ1v) is 10.5. The molecular weight excluding hydrogens is 402 g/mol. The molecular formula is C26H31N3O3. The SMILES string of the molecule is C=C1C(Nc2ccc(C(C)C)cc2)=NC=CN1/C(=C\C)c1cc(OC)c(OC)c(OC)c1. The van der Waals surface area contributed by atoms with E-state index in [1.807, 2.05) is 36.2 Å². The standard InChI is InChI=1S/C26H31N3O3/c1-8-22(20-15-23(30-5)25(32-7)24(16-20)31-6)29-14-13-27-26(18(29)4)28-21-11-9-19(10-12-21)17(2)3/h8-17H,4H2,1-3,5-7H3,(H,27,28)/b22-8-. The highest BCUT2D eigenvalue weighted by Crippen LogP contribution is 2.41. The predicted molar refractivity (Wildman–Crippen MR) is 131 cm³/mol. The van der Waals surface area contributed by atoms with Crippen molar-refractivity contribution in [3.05, 3.63) is 78.3 Å². The summed E-state index contributed by atoms with van der Waals surface area (Å²) in [5.41, 5.74) is 4.78. The largest absolute Gasteiger partial charge is 0.493 e. The van der Waals surface area contributed by atoms with Crippen molar-refractivity contribution in [2.45, 2.75) is 26.7 Å². The maximum absolute atomic E-state index is 5.53. The van der Waals surface area contributed by atoms with Crippen LogP contribution in [0.4, 0.5) is 5.69 Å². The van der Waals surface area contributed by atoms with Crippen LogP contribution in [0.3, 0.4) is 0 Å². The Morgan fingerprint density at radius 3 is 2.16 bits per heavy atom. The van der Waals surface area contributed by atoms with E-state index in [0.29, 0.717) is 29.0 Å². The molecule has 6 nitrogen and oxygen atoms in total. The fourth-order valence-electron chi connectivity index (χ4n) is 3.55. The lowest BCUT2D eigenvalue weighted by atomic mass is 10.0. The summed E-state index contributed by atoms with van der Waals surface area (Å²) in [4.78, 5) is 6.49. The van der Waals surface area contributed by atoms with Crippen LogP contribution in [0.25, 0.3) is 5.70 Å². The van der Waals surface area contributed by atoms with Crippen LogP contribution in [0.15, 0.2) is 72.1 Å². The van der Waals surface area contributed by atoms with Gasteiger partial charge in [0.1, 0.15) is 0 Å². The number of hydrogen-bond donors (Lipinski definition) is 1. The van der Waals surface area contributed by atoms with Gasteiger partial charge in [-0.1, -0.05) is 38.6 Å². The summed E-state index contributed by atoms with van der Waals surface area (Å²) in [5, 5.41) is 3.38. The highest BCUT2D eigenvalue weighted by atomic mass is 16.5. The van der Waals surface area contributed by atoms with Crippen molar-refractivity contribution in [3.63, 3.8) is 0 Å². The molecule has 32 heavy (non-hydrogen) atoms. The van der Waals surface area contributed by atoms with E-state index in [9.17, 15) is 0 Å².